The van der Waals surface area contributed by atoms with Gasteiger partial charge in [0.05, 0.1) is 19.4 Å². The predicted octanol–water partition coefficient (Wildman–Crippen LogP) is 3.00. The smallest absolute Gasteiger partial charge is 0.351 e. The molecule has 0 aliphatic rings. The lowest BCUT2D eigenvalue weighted by molar-refractivity contribution is -0.806. The third-order valence-corrected chi connectivity index (χ3v) is 4.33. The second-order valence-electron chi connectivity index (χ2n) is 6.58. The highest BCUT2D eigenvalue weighted by Gasteiger charge is 2.17. The summed E-state index contributed by atoms with van der Waals surface area (Å²) in [5.74, 6) is -0.414. The number of ether oxygens (including phenoxy) is 1. The summed E-state index contributed by atoms with van der Waals surface area (Å²) in [4.78, 5) is 12.8. The topological polar surface area (TPSA) is 46.3 Å². The maximum atomic E-state index is 11.5. The molecular formula is C21H34N3O2+. The number of carbonyl (C=O) groups excluding carboxylic acids is 1. The maximum absolute atomic E-state index is 11.5. The Kier molecular flexibility index (Phi) is 9.66. The van der Waals surface area contributed by atoms with Gasteiger partial charge in [-0.25, -0.2) is 4.79 Å². The molecule has 0 amide bonds. The molecule has 0 bridgehead atoms. The third kappa shape index (κ3) is 7.00. The van der Waals surface area contributed by atoms with E-state index in [1.54, 1.807) is 11.9 Å². The van der Waals surface area contributed by atoms with Gasteiger partial charge in [0, 0.05) is 18.2 Å². The van der Waals surface area contributed by atoms with Crippen molar-refractivity contribution in [3.63, 3.8) is 0 Å². The third-order valence-electron chi connectivity index (χ3n) is 4.33. The number of esters is 1. The van der Waals surface area contributed by atoms with E-state index in [0.717, 1.165) is 31.5 Å². The number of nitrogens with one attached hydrogen (secondary N) is 1. The molecule has 5 heteroatoms. The molecule has 0 radical (unpaired) electrons. The first-order valence-corrected chi connectivity index (χ1v) is 9.43. The van der Waals surface area contributed by atoms with Crippen molar-refractivity contribution in [3.05, 3.63) is 41.1 Å². The monoisotopic (exact) mass is 360 g/mol. The first-order valence-electron chi connectivity index (χ1n) is 9.43. The van der Waals surface area contributed by atoms with E-state index in [1.165, 1.54) is 27.9 Å². The van der Waals surface area contributed by atoms with E-state index in [1.807, 2.05) is 7.05 Å². The zero-order valence-corrected chi connectivity index (χ0v) is 17.1. The zero-order valence-electron chi connectivity index (χ0n) is 17.1. The Morgan fingerprint density at radius 3 is 2.50 bits per heavy atom. The highest BCUT2D eigenvalue weighted by Crippen LogP contribution is 2.15. The minimum Gasteiger partial charge on any atom is -0.462 e. The highest BCUT2D eigenvalue weighted by molar-refractivity contribution is 6.23. The number of para-hydroxylation sites is 1. The standard InChI is InChI=1S/C21H33N3O2/c1-7-9-10-14-19(24(6)22-15-20(25)26-8-2)16-23(5)21-17(3)12-11-13-18(21)4/h11-15H,7-10,16H2,1-6H3/p+1/b19-14-,22-15-. The number of rotatable bonds is 10. The average molecular weight is 361 g/mol. The number of hydrazone groups is 1. The number of hydrogen-bond donors (Lipinski definition) is 1. The van der Waals surface area contributed by atoms with Gasteiger partial charge in [-0.2, -0.15) is 5.10 Å². The molecule has 0 aromatic heterocycles. The molecule has 0 saturated heterocycles. The Balaban J connectivity index is 2.95. The molecule has 5 nitrogen and oxygen atoms in total. The van der Waals surface area contributed by atoms with Gasteiger partial charge in [0.15, 0.2) is 0 Å². The average Bonchev–Trinajstić information content (AvgIpc) is 2.59. The number of aryl methyl sites for hydroxylation is 2. The summed E-state index contributed by atoms with van der Waals surface area (Å²) in [7, 11) is 4.05. The zero-order chi connectivity index (χ0) is 19.5. The van der Waals surface area contributed by atoms with E-state index in [2.05, 4.69) is 57.2 Å². The van der Waals surface area contributed by atoms with Crippen LogP contribution in [0.25, 0.3) is 0 Å². The van der Waals surface area contributed by atoms with Crippen LogP contribution >= 0.6 is 0 Å². The minimum atomic E-state index is -0.414. The van der Waals surface area contributed by atoms with Gasteiger partial charge in [0.25, 0.3) is 0 Å². The van der Waals surface area contributed by atoms with Crippen LogP contribution in [0, 0.1) is 13.8 Å². The lowest BCUT2D eigenvalue weighted by atomic mass is 10.1. The molecule has 1 rings (SSSR count). The molecule has 0 spiro atoms. The lowest BCUT2D eigenvalue weighted by Crippen LogP contribution is -3.04. The molecule has 1 unspecified atom stereocenters. The van der Waals surface area contributed by atoms with E-state index in [4.69, 9.17) is 4.74 Å². The van der Waals surface area contributed by atoms with Crippen LogP contribution in [0.15, 0.2) is 35.1 Å². The van der Waals surface area contributed by atoms with Gasteiger partial charge >= 0.3 is 5.97 Å². The maximum Gasteiger partial charge on any atom is 0.351 e. The minimum absolute atomic E-state index is 0.354. The summed E-state index contributed by atoms with van der Waals surface area (Å²) in [6.45, 7) is 9.42. The predicted molar refractivity (Wildman–Crippen MR) is 108 cm³/mol. The van der Waals surface area contributed by atoms with Crippen molar-refractivity contribution in [2.75, 3.05) is 27.2 Å². The van der Waals surface area contributed by atoms with Crippen molar-refractivity contribution in [3.8, 4) is 0 Å². The van der Waals surface area contributed by atoms with Gasteiger partial charge in [-0.05, 0) is 27.2 Å². The summed E-state index contributed by atoms with van der Waals surface area (Å²) in [5, 5.41) is 6.05. The molecule has 0 fully saturated rings. The van der Waals surface area contributed by atoms with Crippen LogP contribution in [0.1, 0.15) is 44.2 Å². The van der Waals surface area contributed by atoms with Crippen molar-refractivity contribution in [1.29, 1.82) is 0 Å². The quantitative estimate of drug-likeness (QED) is 0.302. The number of likely N-dealkylation sites (N-methyl/N-ethyl adjacent to an activating group) is 2. The van der Waals surface area contributed by atoms with Crippen molar-refractivity contribution < 1.29 is 14.4 Å². The van der Waals surface area contributed by atoms with E-state index in [-0.39, 0.29) is 0 Å². The van der Waals surface area contributed by atoms with E-state index >= 15 is 0 Å². The summed E-state index contributed by atoms with van der Waals surface area (Å²) >= 11 is 0. The number of unbranched alkanes of at least 4 members (excludes halogenated alkanes) is 2. The van der Waals surface area contributed by atoms with Gasteiger partial charge in [-0.1, -0.05) is 44.0 Å². The molecule has 1 N–H and O–H groups in total. The summed E-state index contributed by atoms with van der Waals surface area (Å²) < 4.78 is 4.91. The van der Waals surface area contributed by atoms with Crippen molar-refractivity contribution in [2.24, 2.45) is 5.10 Å². The van der Waals surface area contributed by atoms with Crippen molar-refractivity contribution >= 4 is 17.9 Å². The second-order valence-corrected chi connectivity index (χ2v) is 6.58. The number of carbonyl (C=O) groups is 1. The van der Waals surface area contributed by atoms with Gasteiger partial charge in [-0.15, -0.1) is 0 Å². The molecule has 1 atom stereocenters. The van der Waals surface area contributed by atoms with Crippen LogP contribution in [-0.4, -0.2) is 44.4 Å². The van der Waals surface area contributed by atoms with Crippen LogP contribution in [0.4, 0.5) is 5.69 Å². The van der Waals surface area contributed by atoms with E-state index < -0.39 is 5.97 Å². The fourth-order valence-electron chi connectivity index (χ4n) is 3.03. The number of benzene rings is 1. The van der Waals surface area contributed by atoms with Gasteiger partial charge in [0.2, 0.25) is 0 Å². The summed E-state index contributed by atoms with van der Waals surface area (Å²) in [5.41, 5.74) is 4.98. The van der Waals surface area contributed by atoms with Crippen LogP contribution in [0.5, 0.6) is 0 Å². The molecule has 0 aliphatic heterocycles. The molecular weight excluding hydrogens is 326 g/mol. The Hall–Kier alpha value is -2.14. The SMILES string of the molecule is CCCC/C=C(/C[NH+](C)c1c(C)cccc1C)N(C)/N=C\C(=O)OCC. The van der Waals surface area contributed by atoms with Gasteiger partial charge in [-0.3, -0.25) is 9.91 Å². The van der Waals surface area contributed by atoms with E-state index in [9.17, 15) is 4.79 Å². The highest BCUT2D eigenvalue weighted by atomic mass is 16.5. The Morgan fingerprint density at radius 1 is 1.27 bits per heavy atom. The number of allylic oxidation sites excluding steroid dienone is 1. The fraction of sp³-hybridized carbons (Fsp3) is 0.524. The second kappa shape index (κ2) is 11.5. The molecule has 26 heavy (non-hydrogen) atoms. The summed E-state index contributed by atoms with van der Waals surface area (Å²) in [6, 6.07) is 6.39. The molecule has 0 aliphatic carbocycles. The number of quaternary nitrogens is 1. The number of hydrogen-bond acceptors (Lipinski definition) is 4. The van der Waals surface area contributed by atoms with Crippen LogP contribution in [-0.2, 0) is 9.53 Å². The summed E-state index contributed by atoms with van der Waals surface area (Å²) in [6.07, 6.45) is 6.76. The Bertz CT molecular complexity index is 618. The van der Waals surface area contributed by atoms with Crippen LogP contribution < -0.4 is 4.90 Å². The largest absolute Gasteiger partial charge is 0.462 e. The number of nitrogens with zero attached hydrogens (tertiary/aromatic N) is 2. The normalized spacial score (nSPS) is 13.1. The molecule has 0 saturated carbocycles. The first kappa shape index (κ1) is 21.9. The molecule has 0 heterocycles. The van der Waals surface area contributed by atoms with Crippen molar-refractivity contribution in [2.45, 2.75) is 47.0 Å². The first-order chi connectivity index (χ1) is 12.4. The van der Waals surface area contributed by atoms with Gasteiger partial charge in [0.1, 0.15) is 18.4 Å². The molecule has 144 valence electrons. The lowest BCUT2D eigenvalue weighted by Gasteiger charge is -2.23. The molecule has 1 aromatic carbocycles. The molecule has 1 aromatic rings. The Morgan fingerprint density at radius 2 is 1.92 bits per heavy atom. The van der Waals surface area contributed by atoms with Crippen LogP contribution in [0.2, 0.25) is 0 Å². The van der Waals surface area contributed by atoms with E-state index in [0.29, 0.717) is 6.61 Å². The Labute approximate surface area is 158 Å². The van der Waals surface area contributed by atoms with Crippen LogP contribution in [0.3, 0.4) is 0 Å². The van der Waals surface area contributed by atoms with Crippen molar-refractivity contribution in [1.82, 2.24) is 5.01 Å². The fourth-order valence-corrected chi connectivity index (χ4v) is 3.03. The van der Waals surface area contributed by atoms with Gasteiger partial charge < -0.3 is 4.74 Å².